The van der Waals surface area contributed by atoms with Gasteiger partial charge in [-0.2, -0.15) is 0 Å². The van der Waals surface area contributed by atoms with Crippen molar-refractivity contribution in [3.05, 3.63) is 22.8 Å². The first kappa shape index (κ1) is 14.1. The van der Waals surface area contributed by atoms with Gasteiger partial charge >= 0.3 is 5.97 Å². The van der Waals surface area contributed by atoms with Crippen molar-refractivity contribution in [2.75, 3.05) is 25.1 Å². The van der Waals surface area contributed by atoms with Gasteiger partial charge in [-0.25, -0.2) is 9.78 Å². The number of hydrogen-bond donors (Lipinski definition) is 2. The van der Waals surface area contributed by atoms with Gasteiger partial charge in [0.05, 0.1) is 0 Å². The lowest BCUT2D eigenvalue weighted by atomic mass is 9.82. The Bertz CT molecular complexity index is 473. The molecule has 0 aromatic carbocycles. The van der Waals surface area contributed by atoms with E-state index in [2.05, 4.69) is 17.2 Å². The summed E-state index contributed by atoms with van der Waals surface area (Å²) in [6, 6.07) is 2.94. The van der Waals surface area contributed by atoms with Crippen LogP contribution in [0, 0.1) is 5.41 Å². The number of anilines is 1. The average molecular weight is 285 g/mol. The van der Waals surface area contributed by atoms with Crippen LogP contribution in [-0.2, 0) is 4.74 Å². The largest absolute Gasteiger partial charge is 0.478 e. The first-order valence-corrected chi connectivity index (χ1v) is 6.59. The lowest BCUT2D eigenvalue weighted by Gasteiger charge is -2.33. The zero-order valence-corrected chi connectivity index (χ0v) is 11.5. The van der Waals surface area contributed by atoms with Gasteiger partial charge in [-0.1, -0.05) is 18.5 Å². The van der Waals surface area contributed by atoms with E-state index in [9.17, 15) is 4.79 Å². The number of nitrogens with zero attached hydrogens (tertiary/aromatic N) is 1. The van der Waals surface area contributed by atoms with Crippen LogP contribution in [0.2, 0.25) is 5.15 Å². The second-order valence-electron chi connectivity index (χ2n) is 5.11. The van der Waals surface area contributed by atoms with Crippen LogP contribution in [0.1, 0.15) is 30.1 Å². The summed E-state index contributed by atoms with van der Waals surface area (Å²) in [5.74, 6) is -0.684. The number of ether oxygens (including phenoxy) is 1. The Balaban J connectivity index is 2.10. The van der Waals surface area contributed by atoms with E-state index in [1.165, 1.54) is 12.1 Å². The van der Waals surface area contributed by atoms with Crippen molar-refractivity contribution in [2.45, 2.75) is 19.8 Å². The molecule has 0 unspecified atom stereocenters. The molecule has 1 aromatic rings. The fourth-order valence-electron chi connectivity index (χ4n) is 2.08. The van der Waals surface area contributed by atoms with Gasteiger partial charge in [0.25, 0.3) is 0 Å². The second-order valence-corrected chi connectivity index (χ2v) is 5.50. The minimum absolute atomic E-state index is 0.0953. The van der Waals surface area contributed by atoms with Gasteiger partial charge in [0.15, 0.2) is 0 Å². The summed E-state index contributed by atoms with van der Waals surface area (Å²) < 4.78 is 5.34. The average Bonchev–Trinajstić information content (AvgIpc) is 2.37. The predicted molar refractivity (Wildman–Crippen MR) is 72.9 cm³/mol. The molecule has 1 fully saturated rings. The van der Waals surface area contributed by atoms with E-state index in [0.29, 0.717) is 12.4 Å². The highest BCUT2D eigenvalue weighted by Gasteiger charge is 2.27. The van der Waals surface area contributed by atoms with E-state index in [-0.39, 0.29) is 16.1 Å². The van der Waals surface area contributed by atoms with Gasteiger partial charge in [-0.15, -0.1) is 0 Å². The number of carboxylic acids is 1. The first-order chi connectivity index (χ1) is 9.00. The zero-order chi connectivity index (χ0) is 13.9. The topological polar surface area (TPSA) is 71.5 Å². The molecule has 0 aliphatic carbocycles. The Morgan fingerprint density at radius 1 is 1.53 bits per heavy atom. The Hall–Kier alpha value is -1.33. The summed E-state index contributed by atoms with van der Waals surface area (Å²) in [7, 11) is 0. The van der Waals surface area contributed by atoms with Gasteiger partial charge in [-0.3, -0.25) is 0 Å². The first-order valence-electron chi connectivity index (χ1n) is 6.22. The molecule has 0 atom stereocenters. The molecule has 1 aliphatic rings. The molecule has 104 valence electrons. The molecule has 0 spiro atoms. The molecule has 2 rings (SSSR count). The SMILES string of the molecule is CC1(CNc2nc(Cl)ccc2C(=O)O)CCOCC1. The number of nitrogens with one attached hydrogen (secondary N) is 1. The summed E-state index contributed by atoms with van der Waals surface area (Å²) in [4.78, 5) is 15.2. The maximum atomic E-state index is 11.1. The van der Waals surface area contributed by atoms with E-state index in [1.54, 1.807) is 0 Å². The highest BCUT2D eigenvalue weighted by molar-refractivity contribution is 6.29. The van der Waals surface area contributed by atoms with Gasteiger partial charge in [0, 0.05) is 19.8 Å². The molecule has 1 aromatic heterocycles. The van der Waals surface area contributed by atoms with Crippen LogP contribution in [0.3, 0.4) is 0 Å². The van der Waals surface area contributed by atoms with E-state index >= 15 is 0 Å². The van der Waals surface area contributed by atoms with Gasteiger partial charge in [-0.05, 0) is 30.4 Å². The molecule has 1 aliphatic heterocycles. The van der Waals surface area contributed by atoms with E-state index < -0.39 is 5.97 Å². The summed E-state index contributed by atoms with van der Waals surface area (Å²) in [6.45, 7) is 4.30. The van der Waals surface area contributed by atoms with Gasteiger partial charge in [0.1, 0.15) is 16.5 Å². The van der Waals surface area contributed by atoms with E-state index in [1.807, 2.05) is 0 Å². The van der Waals surface area contributed by atoms with Crippen LogP contribution >= 0.6 is 11.6 Å². The van der Waals surface area contributed by atoms with Gasteiger partial charge < -0.3 is 15.2 Å². The number of aromatic nitrogens is 1. The Kier molecular flexibility index (Phi) is 4.27. The molecule has 6 heteroatoms. The molecule has 5 nitrogen and oxygen atoms in total. The molecule has 1 saturated heterocycles. The number of carboxylic acid groups (broad SMARTS) is 1. The summed E-state index contributed by atoms with van der Waals surface area (Å²) in [5.41, 5.74) is 0.234. The van der Waals surface area contributed by atoms with Crippen LogP contribution in [0.25, 0.3) is 0 Å². The summed E-state index contributed by atoms with van der Waals surface area (Å²) >= 11 is 5.81. The molecular formula is C13H17ClN2O3. The maximum Gasteiger partial charge on any atom is 0.339 e. The monoisotopic (exact) mass is 284 g/mol. The van der Waals surface area contributed by atoms with Crippen molar-refractivity contribution in [2.24, 2.45) is 5.41 Å². The van der Waals surface area contributed by atoms with Crippen molar-refractivity contribution in [3.8, 4) is 0 Å². The van der Waals surface area contributed by atoms with Crippen LogP contribution in [0.4, 0.5) is 5.82 Å². The number of carbonyl (C=O) groups is 1. The standard InChI is InChI=1S/C13H17ClN2O3/c1-13(4-6-19-7-5-13)8-15-11-9(12(17)18)2-3-10(14)16-11/h2-3H,4-8H2,1H3,(H,15,16)(H,17,18). The highest BCUT2D eigenvalue weighted by Crippen LogP contribution is 2.30. The van der Waals surface area contributed by atoms with Crippen LogP contribution in [0.5, 0.6) is 0 Å². The molecule has 2 N–H and O–H groups in total. The molecule has 0 radical (unpaired) electrons. The Morgan fingerprint density at radius 2 is 2.21 bits per heavy atom. The number of hydrogen-bond acceptors (Lipinski definition) is 4. The number of rotatable bonds is 4. The Morgan fingerprint density at radius 3 is 2.84 bits per heavy atom. The second kappa shape index (κ2) is 5.75. The molecule has 19 heavy (non-hydrogen) atoms. The summed E-state index contributed by atoms with van der Waals surface area (Å²) in [6.07, 6.45) is 1.89. The van der Waals surface area contributed by atoms with Crippen molar-refractivity contribution in [1.82, 2.24) is 4.98 Å². The van der Waals surface area contributed by atoms with Crippen LogP contribution < -0.4 is 5.32 Å². The molecule has 2 heterocycles. The molecular weight excluding hydrogens is 268 g/mol. The zero-order valence-electron chi connectivity index (χ0n) is 10.8. The lowest BCUT2D eigenvalue weighted by molar-refractivity contribution is 0.0299. The van der Waals surface area contributed by atoms with Crippen molar-refractivity contribution in [1.29, 1.82) is 0 Å². The third-order valence-corrected chi connectivity index (χ3v) is 3.68. The van der Waals surface area contributed by atoms with Crippen molar-refractivity contribution in [3.63, 3.8) is 0 Å². The van der Waals surface area contributed by atoms with Crippen LogP contribution in [0.15, 0.2) is 12.1 Å². The Labute approximate surface area is 116 Å². The molecule has 0 saturated carbocycles. The quantitative estimate of drug-likeness (QED) is 0.832. The van der Waals surface area contributed by atoms with E-state index in [0.717, 1.165) is 26.1 Å². The number of halogens is 1. The molecule has 0 bridgehead atoms. The number of pyridine rings is 1. The van der Waals surface area contributed by atoms with E-state index in [4.69, 9.17) is 21.4 Å². The van der Waals surface area contributed by atoms with Crippen LogP contribution in [-0.4, -0.2) is 35.8 Å². The maximum absolute atomic E-state index is 11.1. The summed E-state index contributed by atoms with van der Waals surface area (Å²) in [5, 5.41) is 12.5. The van der Waals surface area contributed by atoms with Gasteiger partial charge in [0.2, 0.25) is 0 Å². The normalized spacial score (nSPS) is 18.0. The minimum atomic E-state index is -1.01. The fourth-order valence-corrected chi connectivity index (χ4v) is 2.23. The van der Waals surface area contributed by atoms with Crippen molar-refractivity contribution >= 4 is 23.4 Å². The smallest absolute Gasteiger partial charge is 0.339 e. The third-order valence-electron chi connectivity index (χ3n) is 3.47. The lowest BCUT2D eigenvalue weighted by Crippen LogP contribution is -2.33. The fraction of sp³-hybridized carbons (Fsp3) is 0.538. The minimum Gasteiger partial charge on any atom is -0.478 e. The highest BCUT2D eigenvalue weighted by atomic mass is 35.5. The predicted octanol–water partition coefficient (Wildman–Crippen LogP) is 2.66. The number of aromatic carboxylic acids is 1. The van der Waals surface area contributed by atoms with Crippen molar-refractivity contribution < 1.29 is 14.6 Å². The third kappa shape index (κ3) is 3.58. The molecule has 0 amide bonds.